The van der Waals surface area contributed by atoms with E-state index < -0.39 is 0 Å². The summed E-state index contributed by atoms with van der Waals surface area (Å²) < 4.78 is 0. The van der Waals surface area contributed by atoms with Crippen molar-refractivity contribution in [1.82, 2.24) is 0 Å². The zero-order chi connectivity index (χ0) is 27.0. The number of hydrogen-bond donors (Lipinski definition) is 0. The second-order valence-corrected chi connectivity index (χ2v) is 10.1. The molecule has 3 heteroatoms. The van der Waals surface area contributed by atoms with Crippen molar-refractivity contribution in [1.29, 1.82) is 0 Å². The number of aryl methyl sites for hydroxylation is 6. The maximum absolute atomic E-state index is 14.2. The van der Waals surface area contributed by atoms with Crippen molar-refractivity contribution in [3.63, 3.8) is 0 Å². The molecule has 0 aliphatic heterocycles. The van der Waals surface area contributed by atoms with Gasteiger partial charge in [0.15, 0.2) is 17.3 Å². The molecule has 0 aromatic heterocycles. The maximum atomic E-state index is 14.2. The molecule has 4 aromatic carbocycles. The fourth-order valence-corrected chi connectivity index (χ4v) is 5.52. The van der Waals surface area contributed by atoms with Gasteiger partial charge in [-0.15, -0.1) is 0 Å². The summed E-state index contributed by atoms with van der Waals surface area (Å²) in [7, 11) is 0. The Morgan fingerprint density at radius 3 is 1.38 bits per heavy atom. The Hall–Kier alpha value is -4.11. The van der Waals surface area contributed by atoms with Crippen LogP contribution in [0.5, 0.6) is 0 Å². The summed E-state index contributed by atoms with van der Waals surface area (Å²) >= 11 is 0. The first-order valence-corrected chi connectivity index (χ1v) is 12.5. The Balaban J connectivity index is 1.99. The zero-order valence-corrected chi connectivity index (χ0v) is 22.6. The Morgan fingerprint density at radius 2 is 0.892 bits per heavy atom. The van der Waals surface area contributed by atoms with Crippen LogP contribution < -0.4 is 0 Å². The van der Waals surface area contributed by atoms with Crippen LogP contribution in [0.15, 0.2) is 66.7 Å². The molecule has 4 aromatic rings. The van der Waals surface area contributed by atoms with Crippen LogP contribution in [0, 0.1) is 48.5 Å². The van der Waals surface area contributed by atoms with Gasteiger partial charge in [0, 0.05) is 33.4 Å². The lowest BCUT2D eigenvalue weighted by atomic mass is 9.82. The van der Waals surface area contributed by atoms with Crippen LogP contribution in [0.1, 0.15) is 86.7 Å². The van der Waals surface area contributed by atoms with E-state index in [2.05, 4.69) is 0 Å². The zero-order valence-electron chi connectivity index (χ0n) is 22.6. The third kappa shape index (κ3) is 4.82. The topological polar surface area (TPSA) is 51.2 Å². The summed E-state index contributed by atoms with van der Waals surface area (Å²) in [5, 5.41) is 0. The van der Waals surface area contributed by atoms with Crippen LogP contribution in [0.25, 0.3) is 0 Å². The minimum atomic E-state index is -0.235. The van der Waals surface area contributed by atoms with E-state index in [1.807, 2.05) is 84.0 Å². The molecule has 0 N–H and O–H groups in total. The highest BCUT2D eigenvalue weighted by Crippen LogP contribution is 2.30. The molecule has 0 aliphatic carbocycles. The Labute approximate surface area is 219 Å². The molecule has 0 saturated carbocycles. The van der Waals surface area contributed by atoms with E-state index in [-0.39, 0.29) is 17.3 Å². The standard InChI is InChI=1S/C34H32O3/c1-19-15-21(3)29(22(4)16-19)33(36)28-14-13-27(32(35)26-11-9-8-10-12-26)25(7)31(28)34(37)30-23(5)17-20(2)18-24(30)6/h8-18H,1-7H3. The smallest absolute Gasteiger partial charge is 0.194 e. The van der Waals surface area contributed by atoms with E-state index in [0.29, 0.717) is 38.9 Å². The predicted molar refractivity (Wildman–Crippen MR) is 149 cm³/mol. The summed E-state index contributed by atoms with van der Waals surface area (Å²) in [6, 6.07) is 20.3. The van der Waals surface area contributed by atoms with Crippen LogP contribution in [0.4, 0.5) is 0 Å². The molecule has 0 fully saturated rings. The molecular weight excluding hydrogens is 456 g/mol. The molecule has 0 saturated heterocycles. The monoisotopic (exact) mass is 488 g/mol. The highest BCUT2D eigenvalue weighted by Gasteiger charge is 2.28. The molecule has 37 heavy (non-hydrogen) atoms. The van der Waals surface area contributed by atoms with Gasteiger partial charge in [-0.25, -0.2) is 0 Å². The number of ketones is 3. The summed E-state index contributed by atoms with van der Waals surface area (Å²) in [4.78, 5) is 41.8. The van der Waals surface area contributed by atoms with Crippen molar-refractivity contribution in [2.24, 2.45) is 0 Å². The van der Waals surface area contributed by atoms with E-state index in [4.69, 9.17) is 0 Å². The third-order valence-corrected chi connectivity index (χ3v) is 7.03. The van der Waals surface area contributed by atoms with Gasteiger partial charge in [-0.3, -0.25) is 14.4 Å². The lowest BCUT2D eigenvalue weighted by Crippen LogP contribution is -2.19. The molecule has 0 bridgehead atoms. The van der Waals surface area contributed by atoms with E-state index in [1.54, 1.807) is 31.2 Å². The van der Waals surface area contributed by atoms with Crippen molar-refractivity contribution in [2.45, 2.75) is 48.5 Å². The van der Waals surface area contributed by atoms with Gasteiger partial charge in [-0.2, -0.15) is 0 Å². The van der Waals surface area contributed by atoms with Crippen molar-refractivity contribution in [3.05, 3.63) is 139 Å². The Bertz CT molecular complexity index is 1530. The summed E-state index contributed by atoms with van der Waals surface area (Å²) in [6.07, 6.45) is 0. The minimum Gasteiger partial charge on any atom is -0.289 e. The van der Waals surface area contributed by atoms with Gasteiger partial charge in [0.05, 0.1) is 0 Å². The Kier molecular flexibility index (Phi) is 7.09. The Morgan fingerprint density at radius 1 is 0.459 bits per heavy atom. The highest BCUT2D eigenvalue weighted by atomic mass is 16.1. The minimum absolute atomic E-state index is 0.175. The predicted octanol–water partition coefficient (Wildman–Crippen LogP) is 7.54. The molecule has 0 aliphatic rings. The summed E-state index contributed by atoms with van der Waals surface area (Å²) in [6.45, 7) is 13.4. The van der Waals surface area contributed by atoms with E-state index >= 15 is 0 Å². The van der Waals surface area contributed by atoms with Gasteiger partial charge in [0.1, 0.15) is 0 Å². The number of rotatable bonds is 6. The number of carbonyl (C=O) groups is 3. The van der Waals surface area contributed by atoms with E-state index in [1.165, 1.54) is 0 Å². The van der Waals surface area contributed by atoms with Crippen molar-refractivity contribution >= 4 is 17.3 Å². The number of benzene rings is 4. The quantitative estimate of drug-likeness (QED) is 0.263. The normalized spacial score (nSPS) is 10.9. The maximum Gasteiger partial charge on any atom is 0.194 e. The molecule has 0 unspecified atom stereocenters. The molecular formula is C34H32O3. The van der Waals surface area contributed by atoms with Gasteiger partial charge in [0.2, 0.25) is 0 Å². The van der Waals surface area contributed by atoms with Crippen LogP contribution in [0.2, 0.25) is 0 Å². The summed E-state index contributed by atoms with van der Waals surface area (Å²) in [5.74, 6) is -0.616. The fraction of sp³-hybridized carbons (Fsp3) is 0.206. The van der Waals surface area contributed by atoms with Gasteiger partial charge >= 0.3 is 0 Å². The number of carbonyl (C=O) groups excluding carboxylic acids is 3. The van der Waals surface area contributed by atoms with Gasteiger partial charge < -0.3 is 0 Å². The van der Waals surface area contributed by atoms with Crippen LogP contribution in [0.3, 0.4) is 0 Å². The molecule has 0 heterocycles. The largest absolute Gasteiger partial charge is 0.289 e. The molecule has 4 rings (SSSR count). The molecule has 0 amide bonds. The SMILES string of the molecule is Cc1cc(C)c(C(=O)c2ccc(C(=O)c3ccccc3)c(C)c2C(=O)c2c(C)cc(C)cc2C)c(C)c1. The van der Waals surface area contributed by atoms with Crippen molar-refractivity contribution in [3.8, 4) is 0 Å². The molecule has 0 radical (unpaired) electrons. The second-order valence-electron chi connectivity index (χ2n) is 10.1. The summed E-state index contributed by atoms with van der Waals surface area (Å²) in [5.41, 5.74) is 8.84. The van der Waals surface area contributed by atoms with Crippen molar-refractivity contribution in [2.75, 3.05) is 0 Å². The first-order valence-electron chi connectivity index (χ1n) is 12.5. The lowest BCUT2D eigenvalue weighted by molar-refractivity contribution is 0.0999. The fourth-order valence-electron chi connectivity index (χ4n) is 5.52. The first kappa shape index (κ1) is 26.0. The van der Waals surface area contributed by atoms with Crippen molar-refractivity contribution < 1.29 is 14.4 Å². The van der Waals surface area contributed by atoms with Gasteiger partial charge in [0.25, 0.3) is 0 Å². The van der Waals surface area contributed by atoms with Crippen LogP contribution in [-0.4, -0.2) is 17.3 Å². The molecule has 186 valence electrons. The molecule has 0 spiro atoms. The second kappa shape index (κ2) is 10.1. The van der Waals surface area contributed by atoms with Gasteiger partial charge in [-0.05, 0) is 88.4 Å². The van der Waals surface area contributed by atoms with Crippen LogP contribution >= 0.6 is 0 Å². The van der Waals surface area contributed by atoms with E-state index in [9.17, 15) is 14.4 Å². The lowest BCUT2D eigenvalue weighted by Gasteiger charge is -2.19. The number of hydrogen-bond acceptors (Lipinski definition) is 3. The molecule has 0 atom stereocenters. The van der Waals surface area contributed by atoms with E-state index in [0.717, 1.165) is 33.4 Å². The average Bonchev–Trinajstić information content (AvgIpc) is 2.82. The highest BCUT2D eigenvalue weighted by molar-refractivity contribution is 6.23. The van der Waals surface area contributed by atoms with Crippen LogP contribution in [-0.2, 0) is 0 Å². The third-order valence-electron chi connectivity index (χ3n) is 7.03. The average molecular weight is 489 g/mol. The first-order chi connectivity index (χ1) is 17.5. The molecule has 3 nitrogen and oxygen atoms in total. The van der Waals surface area contributed by atoms with Gasteiger partial charge in [-0.1, -0.05) is 65.7 Å².